The van der Waals surface area contributed by atoms with Crippen LogP contribution < -0.4 is 19.5 Å². The second-order valence-corrected chi connectivity index (χ2v) is 5.42. The van der Waals surface area contributed by atoms with Crippen LogP contribution in [0.2, 0.25) is 5.02 Å². The molecule has 25 heavy (non-hydrogen) atoms. The minimum absolute atomic E-state index is 0.269. The second kappa shape index (κ2) is 8.99. The highest BCUT2D eigenvalue weighted by atomic mass is 35.5. The second-order valence-electron chi connectivity index (χ2n) is 5.02. The van der Waals surface area contributed by atoms with Gasteiger partial charge in [0, 0.05) is 11.8 Å². The number of ether oxygens (including phenoxy) is 3. The van der Waals surface area contributed by atoms with E-state index in [1.165, 1.54) is 13.2 Å². The molecular formula is C19H20ClNO4. The van der Waals surface area contributed by atoms with E-state index in [4.69, 9.17) is 25.8 Å². The van der Waals surface area contributed by atoms with Crippen molar-refractivity contribution < 1.29 is 19.0 Å². The molecule has 2 aromatic carbocycles. The third-order valence-electron chi connectivity index (χ3n) is 3.33. The number of carbonyl (C=O) groups is 1. The van der Waals surface area contributed by atoms with Crippen LogP contribution in [0, 0.1) is 0 Å². The molecule has 6 heteroatoms. The lowest BCUT2D eigenvalue weighted by Gasteiger charge is -2.09. The van der Waals surface area contributed by atoms with Gasteiger partial charge in [0.25, 0.3) is 0 Å². The predicted molar refractivity (Wildman–Crippen MR) is 99.8 cm³/mol. The van der Waals surface area contributed by atoms with E-state index in [1.807, 2.05) is 19.1 Å². The number of carbonyl (C=O) groups excluding carboxylic acids is 1. The Morgan fingerprint density at radius 2 is 1.80 bits per heavy atom. The monoisotopic (exact) mass is 361 g/mol. The third kappa shape index (κ3) is 5.16. The fraction of sp³-hybridized carbons (Fsp3) is 0.211. The lowest BCUT2D eigenvalue weighted by molar-refractivity contribution is -0.111. The van der Waals surface area contributed by atoms with Crippen LogP contribution in [0.1, 0.15) is 12.5 Å². The molecule has 0 aromatic heterocycles. The smallest absolute Gasteiger partial charge is 0.248 e. The van der Waals surface area contributed by atoms with E-state index < -0.39 is 0 Å². The first kappa shape index (κ1) is 18.7. The average Bonchev–Trinajstić information content (AvgIpc) is 2.61. The summed E-state index contributed by atoms with van der Waals surface area (Å²) < 4.78 is 15.8. The topological polar surface area (TPSA) is 56.8 Å². The Morgan fingerprint density at radius 1 is 1.08 bits per heavy atom. The van der Waals surface area contributed by atoms with Crippen LogP contribution in [0.25, 0.3) is 6.08 Å². The van der Waals surface area contributed by atoms with Gasteiger partial charge in [-0.3, -0.25) is 4.79 Å². The Morgan fingerprint density at radius 3 is 2.44 bits per heavy atom. The zero-order chi connectivity index (χ0) is 18.2. The van der Waals surface area contributed by atoms with E-state index in [0.29, 0.717) is 34.6 Å². The van der Waals surface area contributed by atoms with Crippen molar-refractivity contribution in [1.29, 1.82) is 0 Å². The largest absolute Gasteiger partial charge is 0.495 e. The van der Waals surface area contributed by atoms with Crippen molar-refractivity contribution in [3.05, 3.63) is 53.1 Å². The normalized spacial score (nSPS) is 10.6. The third-order valence-corrected chi connectivity index (χ3v) is 3.63. The average molecular weight is 362 g/mol. The summed E-state index contributed by atoms with van der Waals surface area (Å²) >= 11 is 6.04. The zero-order valence-electron chi connectivity index (χ0n) is 14.3. The standard InChI is InChI=1S/C19H20ClNO4/c1-4-25-17-8-5-13(11-18(17)24-3)6-10-19(22)21-14-7-9-16(23-2)15(20)12-14/h5-12H,4H2,1-3H3,(H,21,22). The van der Waals surface area contributed by atoms with Crippen molar-refractivity contribution in [3.63, 3.8) is 0 Å². The number of halogens is 1. The number of hydrogen-bond acceptors (Lipinski definition) is 4. The Hall–Kier alpha value is -2.66. The van der Waals surface area contributed by atoms with Crippen LogP contribution in [-0.2, 0) is 4.79 Å². The van der Waals surface area contributed by atoms with Crippen molar-refractivity contribution in [1.82, 2.24) is 0 Å². The molecule has 0 radical (unpaired) electrons. The van der Waals surface area contributed by atoms with Gasteiger partial charge in [-0.05, 0) is 48.9 Å². The van der Waals surface area contributed by atoms with Crippen molar-refractivity contribution in [3.8, 4) is 17.2 Å². The number of methoxy groups -OCH3 is 2. The van der Waals surface area contributed by atoms with E-state index in [9.17, 15) is 4.79 Å². The van der Waals surface area contributed by atoms with Crippen molar-refractivity contribution in [2.24, 2.45) is 0 Å². The number of amides is 1. The lowest BCUT2D eigenvalue weighted by atomic mass is 10.2. The Labute approximate surface area is 152 Å². The summed E-state index contributed by atoms with van der Waals surface area (Å²) in [6, 6.07) is 10.5. The number of hydrogen-bond donors (Lipinski definition) is 1. The van der Waals surface area contributed by atoms with Crippen LogP contribution in [0.15, 0.2) is 42.5 Å². The number of nitrogens with one attached hydrogen (secondary N) is 1. The molecule has 0 atom stereocenters. The number of rotatable bonds is 7. The summed E-state index contributed by atoms with van der Waals surface area (Å²) in [4.78, 5) is 12.0. The summed E-state index contributed by atoms with van der Waals surface area (Å²) in [5, 5.41) is 3.17. The molecule has 132 valence electrons. The van der Waals surface area contributed by atoms with E-state index in [0.717, 1.165) is 5.56 Å². The maximum Gasteiger partial charge on any atom is 0.248 e. The van der Waals surface area contributed by atoms with E-state index in [1.54, 1.807) is 37.5 Å². The first-order valence-corrected chi connectivity index (χ1v) is 8.08. The maximum absolute atomic E-state index is 12.0. The predicted octanol–water partition coefficient (Wildman–Crippen LogP) is 4.41. The van der Waals surface area contributed by atoms with Gasteiger partial charge in [-0.1, -0.05) is 17.7 Å². The summed E-state index contributed by atoms with van der Waals surface area (Å²) in [6.45, 7) is 2.46. The van der Waals surface area contributed by atoms with Gasteiger partial charge in [0.15, 0.2) is 11.5 Å². The fourth-order valence-electron chi connectivity index (χ4n) is 2.16. The van der Waals surface area contributed by atoms with E-state index >= 15 is 0 Å². The first-order valence-electron chi connectivity index (χ1n) is 7.70. The van der Waals surface area contributed by atoms with Gasteiger partial charge in [0.2, 0.25) is 5.91 Å². The minimum atomic E-state index is -0.269. The molecule has 0 bridgehead atoms. The van der Waals surface area contributed by atoms with Gasteiger partial charge < -0.3 is 19.5 Å². The Bertz CT molecular complexity index is 774. The molecule has 0 aliphatic carbocycles. The summed E-state index contributed by atoms with van der Waals surface area (Å²) in [5.74, 6) is 1.57. The molecule has 1 amide bonds. The SMILES string of the molecule is CCOc1ccc(C=CC(=O)Nc2ccc(OC)c(Cl)c2)cc1OC. The van der Waals surface area contributed by atoms with Gasteiger partial charge in [-0.25, -0.2) is 0 Å². The molecule has 5 nitrogen and oxygen atoms in total. The van der Waals surface area contributed by atoms with Gasteiger partial charge in [0.1, 0.15) is 5.75 Å². The maximum atomic E-state index is 12.0. The molecule has 2 rings (SSSR count). The molecule has 0 fully saturated rings. The number of anilines is 1. The molecule has 0 aliphatic heterocycles. The van der Waals surface area contributed by atoms with Crippen molar-refractivity contribution >= 4 is 29.3 Å². The summed E-state index contributed by atoms with van der Waals surface area (Å²) in [7, 11) is 3.11. The molecular weight excluding hydrogens is 342 g/mol. The van der Waals surface area contributed by atoms with Crippen molar-refractivity contribution in [2.75, 3.05) is 26.1 Å². The van der Waals surface area contributed by atoms with Gasteiger partial charge in [-0.2, -0.15) is 0 Å². The van der Waals surface area contributed by atoms with E-state index in [2.05, 4.69) is 5.32 Å². The molecule has 0 heterocycles. The zero-order valence-corrected chi connectivity index (χ0v) is 15.1. The molecule has 0 aliphatic rings. The summed E-state index contributed by atoms with van der Waals surface area (Å²) in [6.07, 6.45) is 3.13. The van der Waals surface area contributed by atoms with Gasteiger partial charge in [-0.15, -0.1) is 0 Å². The quantitative estimate of drug-likeness (QED) is 0.742. The van der Waals surface area contributed by atoms with Crippen LogP contribution in [-0.4, -0.2) is 26.7 Å². The Kier molecular flexibility index (Phi) is 6.71. The lowest BCUT2D eigenvalue weighted by Crippen LogP contribution is -2.07. The fourth-order valence-corrected chi connectivity index (χ4v) is 2.42. The van der Waals surface area contributed by atoms with Gasteiger partial charge in [0.05, 0.1) is 25.8 Å². The van der Waals surface area contributed by atoms with Crippen LogP contribution in [0.4, 0.5) is 5.69 Å². The van der Waals surface area contributed by atoms with Crippen LogP contribution in [0.3, 0.4) is 0 Å². The molecule has 0 saturated heterocycles. The molecule has 0 unspecified atom stereocenters. The van der Waals surface area contributed by atoms with Crippen LogP contribution in [0.5, 0.6) is 17.2 Å². The van der Waals surface area contributed by atoms with Crippen LogP contribution >= 0.6 is 11.6 Å². The highest BCUT2D eigenvalue weighted by Gasteiger charge is 2.05. The van der Waals surface area contributed by atoms with Crippen molar-refractivity contribution in [2.45, 2.75) is 6.92 Å². The highest BCUT2D eigenvalue weighted by molar-refractivity contribution is 6.32. The molecule has 0 saturated carbocycles. The summed E-state index contributed by atoms with van der Waals surface area (Å²) in [5.41, 5.74) is 1.41. The van der Waals surface area contributed by atoms with Gasteiger partial charge >= 0.3 is 0 Å². The molecule has 0 spiro atoms. The molecule has 2 aromatic rings. The Balaban J connectivity index is 2.06. The minimum Gasteiger partial charge on any atom is -0.495 e. The number of benzene rings is 2. The molecule has 1 N–H and O–H groups in total. The van der Waals surface area contributed by atoms with E-state index in [-0.39, 0.29) is 5.91 Å². The first-order chi connectivity index (χ1) is 12.1. The highest BCUT2D eigenvalue weighted by Crippen LogP contribution is 2.29.